The molecule has 0 aromatic carbocycles. The van der Waals surface area contributed by atoms with Crippen LogP contribution >= 0.6 is 0 Å². The highest BCUT2D eigenvalue weighted by molar-refractivity contribution is 4.87. The Balaban J connectivity index is 1.53. The summed E-state index contributed by atoms with van der Waals surface area (Å²) in [6, 6.07) is 1.83. The van der Waals surface area contributed by atoms with E-state index in [9.17, 15) is 0 Å². The van der Waals surface area contributed by atoms with E-state index in [-0.39, 0.29) is 0 Å². The quantitative estimate of drug-likeness (QED) is 0.668. The lowest BCUT2D eigenvalue weighted by atomic mass is 9.71. The zero-order valence-electron chi connectivity index (χ0n) is 13.7. The molecule has 2 atom stereocenters. The molecule has 0 radical (unpaired) electrons. The van der Waals surface area contributed by atoms with Gasteiger partial charge in [0.15, 0.2) is 0 Å². The maximum atomic E-state index is 2.81. The predicted molar refractivity (Wildman–Crippen MR) is 87.0 cm³/mol. The van der Waals surface area contributed by atoms with Gasteiger partial charge < -0.3 is 4.90 Å². The fourth-order valence-corrected chi connectivity index (χ4v) is 5.39. The van der Waals surface area contributed by atoms with Gasteiger partial charge in [0.05, 0.1) is 0 Å². The van der Waals surface area contributed by atoms with Gasteiger partial charge in [0.25, 0.3) is 0 Å². The first-order chi connectivity index (χ1) is 9.84. The first-order valence-corrected chi connectivity index (χ1v) is 9.56. The lowest BCUT2D eigenvalue weighted by molar-refractivity contribution is 0.0705. The molecule has 3 rings (SSSR count). The molecule has 0 aromatic heterocycles. The van der Waals surface area contributed by atoms with Gasteiger partial charge in [-0.1, -0.05) is 64.2 Å². The molecule has 116 valence electrons. The van der Waals surface area contributed by atoms with E-state index in [0.717, 1.165) is 23.9 Å². The molecule has 0 N–H and O–H groups in total. The van der Waals surface area contributed by atoms with Crippen LogP contribution in [0.15, 0.2) is 0 Å². The van der Waals surface area contributed by atoms with Gasteiger partial charge in [-0.05, 0) is 44.6 Å². The van der Waals surface area contributed by atoms with Crippen LogP contribution in [0.1, 0.15) is 89.9 Å². The highest BCUT2D eigenvalue weighted by Gasteiger charge is 2.33. The summed E-state index contributed by atoms with van der Waals surface area (Å²) < 4.78 is 0. The maximum Gasteiger partial charge on any atom is 0.00978 e. The predicted octanol–water partition coefficient (Wildman–Crippen LogP) is 5.39. The number of rotatable bonds is 3. The van der Waals surface area contributed by atoms with Gasteiger partial charge in [-0.25, -0.2) is 0 Å². The summed E-state index contributed by atoms with van der Waals surface area (Å²) in [5.41, 5.74) is 0. The Bertz CT molecular complexity index is 259. The molecule has 1 heteroatoms. The minimum Gasteiger partial charge on any atom is -0.300 e. The van der Waals surface area contributed by atoms with E-state index in [1.807, 2.05) is 0 Å². The van der Waals surface area contributed by atoms with E-state index in [1.54, 1.807) is 19.3 Å². The number of hydrogen-bond donors (Lipinski definition) is 0. The molecule has 0 aliphatic heterocycles. The Kier molecular flexibility index (Phi) is 5.42. The van der Waals surface area contributed by atoms with Crippen LogP contribution in [0.4, 0.5) is 0 Å². The summed E-state index contributed by atoms with van der Waals surface area (Å²) in [6.07, 6.45) is 21.1. The van der Waals surface area contributed by atoms with Gasteiger partial charge in [0.2, 0.25) is 0 Å². The van der Waals surface area contributed by atoms with Crippen LogP contribution in [0.25, 0.3) is 0 Å². The summed E-state index contributed by atoms with van der Waals surface area (Å²) in [5.74, 6) is 2.16. The zero-order chi connectivity index (χ0) is 13.8. The largest absolute Gasteiger partial charge is 0.300 e. The average Bonchev–Trinajstić information content (AvgIpc) is 2.56. The van der Waals surface area contributed by atoms with Crippen molar-refractivity contribution < 1.29 is 0 Å². The van der Waals surface area contributed by atoms with Crippen molar-refractivity contribution in [2.24, 2.45) is 11.8 Å². The summed E-state index contributed by atoms with van der Waals surface area (Å²) >= 11 is 0. The second-order valence-corrected chi connectivity index (χ2v) is 7.94. The molecule has 20 heavy (non-hydrogen) atoms. The van der Waals surface area contributed by atoms with Crippen LogP contribution in [0, 0.1) is 11.8 Å². The van der Waals surface area contributed by atoms with Crippen LogP contribution in [-0.2, 0) is 0 Å². The highest BCUT2D eigenvalue weighted by Crippen LogP contribution is 2.40. The van der Waals surface area contributed by atoms with E-state index >= 15 is 0 Å². The molecule has 3 aliphatic rings. The average molecular weight is 277 g/mol. The SMILES string of the molecule is CN(C1CCCCC1)C1CCCC(C2CCCCC2)C1. The standard InChI is InChI=1S/C19H35N/c1-20(18-12-6-3-7-13-18)19-14-8-11-17(15-19)16-9-4-2-5-10-16/h16-19H,2-15H2,1H3. The zero-order valence-corrected chi connectivity index (χ0v) is 13.7. The van der Waals surface area contributed by atoms with Crippen molar-refractivity contribution in [2.75, 3.05) is 7.05 Å². The van der Waals surface area contributed by atoms with Crippen molar-refractivity contribution >= 4 is 0 Å². The smallest absolute Gasteiger partial charge is 0.00978 e. The number of nitrogens with zero attached hydrogens (tertiary/aromatic N) is 1. The molecule has 3 aliphatic carbocycles. The molecule has 0 spiro atoms. The van der Waals surface area contributed by atoms with E-state index < -0.39 is 0 Å². The van der Waals surface area contributed by atoms with Crippen molar-refractivity contribution in [3.05, 3.63) is 0 Å². The Morgan fingerprint density at radius 1 is 0.550 bits per heavy atom. The summed E-state index contributed by atoms with van der Waals surface area (Å²) in [4.78, 5) is 2.81. The Morgan fingerprint density at radius 2 is 1.10 bits per heavy atom. The third-order valence-electron chi connectivity index (χ3n) is 6.73. The first kappa shape index (κ1) is 14.9. The van der Waals surface area contributed by atoms with Gasteiger partial charge in [-0.3, -0.25) is 0 Å². The molecular formula is C19H35N. The third kappa shape index (κ3) is 3.59. The molecule has 0 aromatic rings. The Hall–Kier alpha value is -0.0400. The molecule has 3 saturated carbocycles. The van der Waals surface area contributed by atoms with Crippen molar-refractivity contribution in [3.63, 3.8) is 0 Å². The van der Waals surface area contributed by atoms with Gasteiger partial charge in [0, 0.05) is 12.1 Å². The van der Waals surface area contributed by atoms with Gasteiger partial charge in [-0.2, -0.15) is 0 Å². The normalized spacial score (nSPS) is 34.5. The van der Waals surface area contributed by atoms with Crippen molar-refractivity contribution in [1.29, 1.82) is 0 Å². The van der Waals surface area contributed by atoms with Crippen molar-refractivity contribution in [2.45, 2.75) is 102 Å². The molecule has 1 nitrogen and oxygen atoms in total. The van der Waals surface area contributed by atoms with E-state index in [4.69, 9.17) is 0 Å². The molecular weight excluding hydrogens is 242 g/mol. The topological polar surface area (TPSA) is 3.24 Å². The van der Waals surface area contributed by atoms with Crippen LogP contribution in [0.2, 0.25) is 0 Å². The highest BCUT2D eigenvalue weighted by atomic mass is 15.2. The number of hydrogen-bond acceptors (Lipinski definition) is 1. The van der Waals surface area contributed by atoms with Gasteiger partial charge >= 0.3 is 0 Å². The van der Waals surface area contributed by atoms with Crippen molar-refractivity contribution in [3.8, 4) is 0 Å². The fraction of sp³-hybridized carbons (Fsp3) is 1.00. The fourth-order valence-electron chi connectivity index (χ4n) is 5.39. The Morgan fingerprint density at radius 3 is 1.80 bits per heavy atom. The van der Waals surface area contributed by atoms with Crippen molar-refractivity contribution in [1.82, 2.24) is 4.90 Å². The lowest BCUT2D eigenvalue weighted by Gasteiger charge is -2.43. The van der Waals surface area contributed by atoms with Crippen LogP contribution in [-0.4, -0.2) is 24.0 Å². The minimum atomic E-state index is 0.916. The molecule has 2 unspecified atom stereocenters. The maximum absolute atomic E-state index is 2.81. The summed E-state index contributed by atoms with van der Waals surface area (Å²) in [7, 11) is 2.45. The van der Waals surface area contributed by atoms with Gasteiger partial charge in [-0.15, -0.1) is 0 Å². The van der Waals surface area contributed by atoms with E-state index in [0.29, 0.717) is 0 Å². The molecule has 0 heterocycles. The third-order valence-corrected chi connectivity index (χ3v) is 6.73. The molecule has 3 fully saturated rings. The van der Waals surface area contributed by atoms with E-state index in [1.165, 1.54) is 70.6 Å². The molecule has 0 saturated heterocycles. The van der Waals surface area contributed by atoms with Crippen LogP contribution in [0.5, 0.6) is 0 Å². The summed E-state index contributed by atoms with van der Waals surface area (Å²) in [5, 5.41) is 0. The Labute approximate surface area is 126 Å². The molecule has 0 bridgehead atoms. The van der Waals surface area contributed by atoms with Crippen LogP contribution in [0.3, 0.4) is 0 Å². The minimum absolute atomic E-state index is 0.916. The lowest BCUT2D eigenvalue weighted by Crippen LogP contribution is -2.44. The summed E-state index contributed by atoms with van der Waals surface area (Å²) in [6.45, 7) is 0. The second-order valence-electron chi connectivity index (χ2n) is 7.94. The van der Waals surface area contributed by atoms with Gasteiger partial charge in [0.1, 0.15) is 0 Å². The molecule has 0 amide bonds. The second kappa shape index (κ2) is 7.29. The first-order valence-electron chi connectivity index (χ1n) is 9.56. The van der Waals surface area contributed by atoms with Crippen LogP contribution < -0.4 is 0 Å². The van der Waals surface area contributed by atoms with E-state index in [2.05, 4.69) is 11.9 Å². The monoisotopic (exact) mass is 277 g/mol.